The first-order chi connectivity index (χ1) is 13.8. The second-order valence-electron chi connectivity index (χ2n) is 6.08. The van der Waals surface area contributed by atoms with Crippen molar-refractivity contribution < 1.29 is 14.3 Å². The number of thioether (sulfide) groups is 1. The van der Waals surface area contributed by atoms with Crippen LogP contribution < -0.4 is 15.4 Å². The van der Waals surface area contributed by atoms with Crippen molar-refractivity contribution in [1.82, 2.24) is 0 Å². The Kier molecular flexibility index (Phi) is 6.38. The molecule has 1 heterocycles. The van der Waals surface area contributed by atoms with E-state index in [0.29, 0.717) is 27.0 Å². The quantitative estimate of drug-likeness (QED) is 0.553. The summed E-state index contributed by atoms with van der Waals surface area (Å²) in [5.74, 6) is -0.681. The zero-order valence-corrected chi connectivity index (χ0v) is 17.5. The average molecular weight is 448 g/mol. The number of carbonyl (C=O) groups excluding carboxylic acids is 2. The number of ether oxygens (including phenoxy) is 1. The monoisotopic (exact) mass is 447 g/mol. The van der Waals surface area contributed by atoms with Crippen LogP contribution in [-0.4, -0.2) is 24.2 Å². The van der Waals surface area contributed by atoms with Crippen molar-refractivity contribution in [2.24, 2.45) is 5.73 Å². The number of benzene rings is 2. The number of hydrogen-bond donors (Lipinski definition) is 1. The number of hydrogen-bond acceptors (Lipinski definition) is 5. The molecular weight excluding hydrogens is 433 g/mol. The molecule has 0 spiro atoms. The van der Waals surface area contributed by atoms with Gasteiger partial charge in [-0.15, -0.1) is 0 Å². The Balaban J connectivity index is 2.07. The van der Waals surface area contributed by atoms with E-state index in [9.17, 15) is 14.9 Å². The summed E-state index contributed by atoms with van der Waals surface area (Å²) < 4.78 is 5.22. The van der Waals surface area contributed by atoms with Crippen LogP contribution in [0.4, 0.5) is 5.69 Å². The molecule has 0 bridgehead atoms. The predicted octanol–water partition coefficient (Wildman–Crippen LogP) is 3.91. The van der Waals surface area contributed by atoms with Gasteiger partial charge >= 0.3 is 0 Å². The van der Waals surface area contributed by atoms with Gasteiger partial charge in [-0.05, 0) is 42.3 Å². The van der Waals surface area contributed by atoms with E-state index in [1.54, 1.807) is 42.5 Å². The molecule has 1 atom stereocenters. The normalized spacial score (nSPS) is 17.8. The number of methoxy groups -OCH3 is 1. The van der Waals surface area contributed by atoms with Crippen LogP contribution in [0.1, 0.15) is 5.56 Å². The Hall–Kier alpha value is -2.66. The van der Waals surface area contributed by atoms with Gasteiger partial charge in [0.15, 0.2) is 0 Å². The lowest BCUT2D eigenvalue weighted by Crippen LogP contribution is -2.31. The molecular formula is C20H15Cl2N3O3S. The number of amides is 2. The van der Waals surface area contributed by atoms with Crippen molar-refractivity contribution in [2.45, 2.75) is 11.7 Å². The van der Waals surface area contributed by atoms with E-state index in [4.69, 9.17) is 33.7 Å². The van der Waals surface area contributed by atoms with Gasteiger partial charge < -0.3 is 10.5 Å². The maximum absolute atomic E-state index is 13.3. The molecule has 6 nitrogen and oxygen atoms in total. The molecule has 29 heavy (non-hydrogen) atoms. The summed E-state index contributed by atoms with van der Waals surface area (Å²) in [5, 5.41) is 9.98. The van der Waals surface area contributed by atoms with Crippen molar-refractivity contribution in [3.05, 3.63) is 68.7 Å². The highest BCUT2D eigenvalue weighted by molar-refractivity contribution is 8.05. The Morgan fingerprint density at radius 2 is 2.07 bits per heavy atom. The van der Waals surface area contributed by atoms with Crippen molar-refractivity contribution in [3.63, 3.8) is 0 Å². The second-order valence-corrected chi connectivity index (χ2v) is 8.11. The minimum Gasteiger partial charge on any atom is -0.497 e. The minimum atomic E-state index is -0.905. The molecule has 0 saturated carbocycles. The van der Waals surface area contributed by atoms with Crippen LogP contribution in [0.25, 0.3) is 0 Å². The summed E-state index contributed by atoms with van der Waals surface area (Å²) in [6.45, 7) is 0. The largest absolute Gasteiger partial charge is 0.497 e. The number of carbonyl (C=O) groups is 2. The van der Waals surface area contributed by atoms with Crippen LogP contribution in [0.15, 0.2) is 53.1 Å². The maximum atomic E-state index is 13.3. The number of rotatable bonds is 5. The molecule has 2 N–H and O–H groups in total. The maximum Gasteiger partial charge on any atom is 0.262 e. The van der Waals surface area contributed by atoms with Gasteiger partial charge in [0.2, 0.25) is 5.91 Å². The topological polar surface area (TPSA) is 96.4 Å². The molecule has 9 heteroatoms. The van der Waals surface area contributed by atoms with Crippen molar-refractivity contribution in [3.8, 4) is 11.8 Å². The van der Waals surface area contributed by atoms with E-state index >= 15 is 0 Å². The molecule has 0 aliphatic carbocycles. The highest BCUT2D eigenvalue weighted by Crippen LogP contribution is 2.43. The summed E-state index contributed by atoms with van der Waals surface area (Å²) in [6.07, 6.45) is 0.268. The van der Waals surface area contributed by atoms with Crippen molar-refractivity contribution >= 4 is 52.5 Å². The Morgan fingerprint density at radius 1 is 1.31 bits per heavy atom. The number of nitrogens with two attached hydrogens (primary N) is 1. The zero-order chi connectivity index (χ0) is 21.1. The van der Waals surface area contributed by atoms with Gasteiger partial charge in [-0.25, -0.2) is 0 Å². The first kappa shape index (κ1) is 21.1. The molecule has 3 rings (SSSR count). The molecule has 0 radical (unpaired) electrons. The highest BCUT2D eigenvalue weighted by Gasteiger charge is 2.40. The number of nitrogens with zero attached hydrogens (tertiary/aromatic N) is 2. The standard InChI is InChI=1S/C20H15Cl2N3O3S/c1-28-14-4-2-3-13(9-14)25-19(27)17(29-20(25)15(10-23)18(24)26)8-11-7-12(21)5-6-16(11)22/h2-7,9,17H,8H2,1H3,(H2,24,26)/b20-15+/t17-/m0/s1. The third-order valence-corrected chi connectivity index (χ3v) is 6.12. The van der Waals surface area contributed by atoms with E-state index in [2.05, 4.69) is 0 Å². The van der Waals surface area contributed by atoms with Gasteiger partial charge in [0.1, 0.15) is 22.4 Å². The molecule has 2 amide bonds. The highest BCUT2D eigenvalue weighted by atomic mass is 35.5. The number of anilines is 1. The molecule has 2 aromatic carbocycles. The third-order valence-electron chi connectivity index (χ3n) is 4.25. The smallest absolute Gasteiger partial charge is 0.262 e. The van der Waals surface area contributed by atoms with E-state index < -0.39 is 11.2 Å². The second kappa shape index (κ2) is 8.78. The summed E-state index contributed by atoms with van der Waals surface area (Å²) in [4.78, 5) is 26.4. The van der Waals surface area contributed by atoms with Crippen LogP contribution in [0, 0.1) is 11.3 Å². The zero-order valence-electron chi connectivity index (χ0n) is 15.2. The van der Waals surface area contributed by atoms with Crippen LogP contribution >= 0.6 is 35.0 Å². The van der Waals surface area contributed by atoms with Crippen LogP contribution in [0.3, 0.4) is 0 Å². The number of halogens is 2. The third kappa shape index (κ3) is 4.35. The lowest BCUT2D eigenvalue weighted by Gasteiger charge is -2.19. The molecule has 1 fully saturated rings. The van der Waals surface area contributed by atoms with Gasteiger partial charge in [-0.2, -0.15) is 5.26 Å². The number of primary amides is 1. The fraction of sp³-hybridized carbons (Fsp3) is 0.150. The van der Waals surface area contributed by atoms with Crippen molar-refractivity contribution in [2.75, 3.05) is 12.0 Å². The summed E-state index contributed by atoms with van der Waals surface area (Å²) >= 11 is 13.4. The lowest BCUT2D eigenvalue weighted by atomic mass is 10.1. The molecule has 148 valence electrons. The number of nitriles is 1. The summed E-state index contributed by atoms with van der Waals surface area (Å²) in [7, 11) is 1.50. The van der Waals surface area contributed by atoms with E-state index in [-0.39, 0.29) is 22.9 Å². The van der Waals surface area contributed by atoms with Crippen LogP contribution in [0.2, 0.25) is 10.0 Å². The molecule has 2 aromatic rings. The van der Waals surface area contributed by atoms with E-state index in [1.807, 2.05) is 6.07 Å². The van der Waals surface area contributed by atoms with Gasteiger partial charge in [-0.1, -0.05) is 41.0 Å². The van der Waals surface area contributed by atoms with E-state index in [1.165, 1.54) is 12.0 Å². The van der Waals surface area contributed by atoms with Gasteiger partial charge in [0, 0.05) is 16.1 Å². The summed E-state index contributed by atoms with van der Waals surface area (Å²) in [6, 6.07) is 13.6. The lowest BCUT2D eigenvalue weighted by molar-refractivity contribution is -0.117. The van der Waals surface area contributed by atoms with Gasteiger partial charge in [-0.3, -0.25) is 14.5 Å². The Bertz CT molecular complexity index is 1070. The molecule has 0 unspecified atom stereocenters. The molecule has 1 aliphatic heterocycles. The molecule has 1 aliphatic rings. The minimum absolute atomic E-state index is 0.182. The predicted molar refractivity (Wildman–Crippen MR) is 114 cm³/mol. The van der Waals surface area contributed by atoms with E-state index in [0.717, 1.165) is 11.8 Å². The summed E-state index contributed by atoms with van der Waals surface area (Å²) in [5.41, 5.74) is 6.24. The average Bonchev–Trinajstić information content (AvgIpc) is 3.01. The van der Waals surface area contributed by atoms with Crippen LogP contribution in [0.5, 0.6) is 5.75 Å². The molecule has 0 aromatic heterocycles. The van der Waals surface area contributed by atoms with Crippen molar-refractivity contribution in [1.29, 1.82) is 5.26 Å². The van der Waals surface area contributed by atoms with Crippen LogP contribution in [-0.2, 0) is 16.0 Å². The molecule has 1 saturated heterocycles. The fourth-order valence-electron chi connectivity index (χ4n) is 2.88. The first-order valence-corrected chi connectivity index (χ1v) is 10.0. The first-order valence-electron chi connectivity index (χ1n) is 8.38. The Labute approximate surface area is 181 Å². The van der Waals surface area contributed by atoms with Gasteiger partial charge in [0.25, 0.3) is 5.91 Å². The fourth-order valence-corrected chi connectivity index (χ4v) is 4.58. The van der Waals surface area contributed by atoms with Gasteiger partial charge in [0.05, 0.1) is 18.0 Å². The Morgan fingerprint density at radius 3 is 2.72 bits per heavy atom. The SMILES string of the molecule is COc1cccc(N2C(=O)[C@H](Cc3cc(Cl)ccc3Cl)S/C2=C(\C#N)C(N)=O)c1.